The van der Waals surface area contributed by atoms with Crippen molar-refractivity contribution in [3.05, 3.63) is 30.0 Å². The number of nitrogens with one attached hydrogen (secondary N) is 1. The summed E-state index contributed by atoms with van der Waals surface area (Å²) < 4.78 is 4.73. The fourth-order valence-electron chi connectivity index (χ4n) is 2.43. The molecule has 0 unspecified atom stereocenters. The van der Waals surface area contributed by atoms with Gasteiger partial charge in [-0.3, -0.25) is 4.90 Å². The first-order valence-corrected chi connectivity index (χ1v) is 6.84. The Kier molecular flexibility index (Phi) is 3.87. The van der Waals surface area contributed by atoms with Crippen molar-refractivity contribution < 1.29 is 4.63 Å². The maximum Gasteiger partial charge on any atom is 0.129 e. The Morgan fingerprint density at radius 3 is 2.85 bits per heavy atom. The van der Waals surface area contributed by atoms with E-state index in [4.69, 9.17) is 4.63 Å². The van der Waals surface area contributed by atoms with Gasteiger partial charge in [0.25, 0.3) is 0 Å². The molecule has 0 saturated carbocycles. The molecule has 7 heteroatoms. The van der Waals surface area contributed by atoms with Crippen molar-refractivity contribution in [2.45, 2.75) is 32.4 Å². The smallest absolute Gasteiger partial charge is 0.129 e. The van der Waals surface area contributed by atoms with Crippen LogP contribution in [-0.2, 0) is 6.54 Å². The summed E-state index contributed by atoms with van der Waals surface area (Å²) in [7, 11) is 0. The van der Waals surface area contributed by atoms with Crippen LogP contribution >= 0.6 is 0 Å². The summed E-state index contributed by atoms with van der Waals surface area (Å²) in [6, 6.07) is 2.37. The second-order valence-corrected chi connectivity index (χ2v) is 5.09. The summed E-state index contributed by atoms with van der Waals surface area (Å²) in [6.45, 7) is 4.81. The van der Waals surface area contributed by atoms with Gasteiger partial charge in [-0.25, -0.2) is 14.6 Å². The fourth-order valence-corrected chi connectivity index (χ4v) is 2.43. The molecule has 20 heavy (non-hydrogen) atoms. The summed E-state index contributed by atoms with van der Waals surface area (Å²) in [5, 5.41) is 11.2. The minimum atomic E-state index is 0.470. The van der Waals surface area contributed by atoms with Crippen molar-refractivity contribution in [2.24, 2.45) is 0 Å². The van der Waals surface area contributed by atoms with Gasteiger partial charge in [-0.1, -0.05) is 10.3 Å². The molecule has 3 heterocycles. The Balaban J connectivity index is 1.49. The number of anilines is 1. The molecule has 7 nitrogen and oxygen atoms in total. The predicted molar refractivity (Wildman–Crippen MR) is 73.0 cm³/mol. The van der Waals surface area contributed by atoms with Crippen molar-refractivity contribution in [1.82, 2.24) is 25.2 Å². The van der Waals surface area contributed by atoms with Gasteiger partial charge >= 0.3 is 0 Å². The van der Waals surface area contributed by atoms with Crippen LogP contribution in [0.1, 0.15) is 24.2 Å². The van der Waals surface area contributed by atoms with E-state index in [-0.39, 0.29) is 0 Å². The van der Waals surface area contributed by atoms with Gasteiger partial charge in [0.15, 0.2) is 0 Å². The lowest BCUT2D eigenvalue weighted by Crippen LogP contribution is -2.39. The lowest BCUT2D eigenvalue weighted by Gasteiger charge is -2.32. The summed E-state index contributed by atoms with van der Waals surface area (Å²) in [5.74, 6) is 0.898. The summed E-state index contributed by atoms with van der Waals surface area (Å²) >= 11 is 0. The zero-order valence-corrected chi connectivity index (χ0v) is 11.5. The molecule has 106 valence electrons. The first kappa shape index (κ1) is 13.0. The van der Waals surface area contributed by atoms with Gasteiger partial charge in [-0.15, -0.1) is 0 Å². The molecule has 0 bridgehead atoms. The van der Waals surface area contributed by atoms with Crippen LogP contribution in [0.5, 0.6) is 0 Å². The first-order chi connectivity index (χ1) is 9.81. The molecular weight excluding hydrogens is 256 g/mol. The van der Waals surface area contributed by atoms with Gasteiger partial charge in [0.05, 0.1) is 0 Å². The van der Waals surface area contributed by atoms with Crippen molar-refractivity contribution >= 4 is 5.82 Å². The van der Waals surface area contributed by atoms with E-state index in [2.05, 4.69) is 30.5 Å². The number of hydrogen-bond donors (Lipinski definition) is 1. The van der Waals surface area contributed by atoms with Crippen molar-refractivity contribution in [1.29, 1.82) is 0 Å². The van der Waals surface area contributed by atoms with Gasteiger partial charge in [-0.05, 0) is 25.8 Å². The third-order valence-corrected chi connectivity index (χ3v) is 3.64. The number of aryl methyl sites for hydroxylation is 1. The molecular formula is C13H18N6O. The van der Waals surface area contributed by atoms with Crippen LogP contribution in [0.15, 0.2) is 23.2 Å². The Labute approximate surface area is 117 Å². The van der Waals surface area contributed by atoms with Gasteiger partial charge in [0, 0.05) is 31.9 Å². The maximum absolute atomic E-state index is 4.73. The third-order valence-electron chi connectivity index (χ3n) is 3.64. The number of hydrogen-bond acceptors (Lipinski definition) is 7. The van der Waals surface area contributed by atoms with Gasteiger partial charge in [0.1, 0.15) is 23.5 Å². The van der Waals surface area contributed by atoms with E-state index in [1.807, 2.05) is 13.0 Å². The molecule has 0 aromatic carbocycles. The molecule has 1 fully saturated rings. The molecule has 0 spiro atoms. The molecule has 2 aromatic heterocycles. The van der Waals surface area contributed by atoms with E-state index in [1.165, 1.54) is 0 Å². The van der Waals surface area contributed by atoms with Crippen LogP contribution < -0.4 is 5.32 Å². The first-order valence-electron chi connectivity index (χ1n) is 6.84. The highest BCUT2D eigenvalue weighted by molar-refractivity contribution is 5.33. The number of piperidine rings is 1. The van der Waals surface area contributed by atoms with E-state index >= 15 is 0 Å². The largest absolute Gasteiger partial charge is 0.367 e. The van der Waals surface area contributed by atoms with E-state index < -0.39 is 0 Å². The Morgan fingerprint density at radius 2 is 2.20 bits per heavy atom. The maximum atomic E-state index is 4.73. The average molecular weight is 274 g/mol. The Bertz CT molecular complexity index is 535. The molecule has 1 aliphatic heterocycles. The standard InChI is InChI=1S/C13H18N6O/c1-10-12(18-20-17-10)8-19-6-3-11(4-7-19)16-13-2-5-14-9-15-13/h2,5,9,11H,3-4,6-8H2,1H3,(H,14,15,16). The van der Waals surface area contributed by atoms with Crippen molar-refractivity contribution in [3.8, 4) is 0 Å². The SMILES string of the molecule is Cc1nonc1CN1CCC(Nc2ccncn2)CC1. The van der Waals surface area contributed by atoms with Crippen LogP contribution in [0.4, 0.5) is 5.82 Å². The minimum absolute atomic E-state index is 0.470. The summed E-state index contributed by atoms with van der Waals surface area (Å²) in [6.07, 6.45) is 5.51. The third kappa shape index (κ3) is 3.11. The number of rotatable bonds is 4. The molecule has 0 amide bonds. The lowest BCUT2D eigenvalue weighted by molar-refractivity contribution is 0.204. The highest BCUT2D eigenvalue weighted by Crippen LogP contribution is 2.16. The van der Waals surface area contributed by atoms with E-state index in [9.17, 15) is 0 Å². The van der Waals surface area contributed by atoms with Gasteiger partial charge in [-0.2, -0.15) is 0 Å². The highest BCUT2D eigenvalue weighted by Gasteiger charge is 2.21. The molecule has 0 radical (unpaired) electrons. The van der Waals surface area contributed by atoms with Crippen molar-refractivity contribution in [3.63, 3.8) is 0 Å². The molecule has 1 N–H and O–H groups in total. The van der Waals surface area contributed by atoms with Gasteiger partial charge in [0.2, 0.25) is 0 Å². The number of nitrogens with zero attached hydrogens (tertiary/aromatic N) is 5. The monoisotopic (exact) mass is 274 g/mol. The second kappa shape index (κ2) is 5.96. The number of aromatic nitrogens is 4. The van der Waals surface area contributed by atoms with Crippen molar-refractivity contribution in [2.75, 3.05) is 18.4 Å². The molecule has 1 aliphatic rings. The quantitative estimate of drug-likeness (QED) is 0.898. The summed E-state index contributed by atoms with van der Waals surface area (Å²) in [4.78, 5) is 10.5. The zero-order valence-electron chi connectivity index (χ0n) is 11.5. The van der Waals surface area contributed by atoms with Crippen LogP contribution in [-0.4, -0.2) is 44.3 Å². The Morgan fingerprint density at radius 1 is 1.35 bits per heavy atom. The second-order valence-electron chi connectivity index (χ2n) is 5.09. The van der Waals surface area contributed by atoms with E-state index in [0.717, 1.165) is 49.7 Å². The molecule has 1 saturated heterocycles. The Hall–Kier alpha value is -2.02. The summed E-state index contributed by atoms with van der Waals surface area (Å²) in [5.41, 5.74) is 1.82. The molecule has 0 aliphatic carbocycles. The minimum Gasteiger partial charge on any atom is -0.367 e. The zero-order chi connectivity index (χ0) is 13.8. The normalized spacial score (nSPS) is 17.2. The van der Waals surface area contributed by atoms with Crippen LogP contribution in [0.3, 0.4) is 0 Å². The molecule has 0 atom stereocenters. The van der Waals surface area contributed by atoms with Crippen LogP contribution in [0.25, 0.3) is 0 Å². The lowest BCUT2D eigenvalue weighted by atomic mass is 10.0. The van der Waals surface area contributed by atoms with E-state index in [1.54, 1.807) is 12.5 Å². The topological polar surface area (TPSA) is 80.0 Å². The predicted octanol–water partition coefficient (Wildman–Crippen LogP) is 1.24. The fraction of sp³-hybridized carbons (Fsp3) is 0.538. The molecule has 2 aromatic rings. The van der Waals surface area contributed by atoms with Crippen LogP contribution in [0, 0.1) is 6.92 Å². The number of likely N-dealkylation sites (tertiary alicyclic amines) is 1. The van der Waals surface area contributed by atoms with Gasteiger partial charge < -0.3 is 5.32 Å². The molecule has 3 rings (SSSR count). The van der Waals surface area contributed by atoms with E-state index in [0.29, 0.717) is 6.04 Å². The highest BCUT2D eigenvalue weighted by atomic mass is 16.6. The van der Waals surface area contributed by atoms with Crippen LogP contribution in [0.2, 0.25) is 0 Å². The average Bonchev–Trinajstić information content (AvgIpc) is 2.88.